The molecular formula is C9H12BBrN-. The molecule has 0 aromatic rings. The Morgan fingerprint density at radius 2 is 2.17 bits per heavy atom. The first-order chi connectivity index (χ1) is 5.49. The maximum atomic E-state index is 4.54. The van der Waals surface area contributed by atoms with Crippen LogP contribution in [0.4, 0.5) is 0 Å². The van der Waals surface area contributed by atoms with Crippen molar-refractivity contribution in [1.82, 2.24) is 0 Å². The molecule has 0 N–H and O–H groups in total. The minimum Gasteiger partial charge on any atom is -0.528 e. The van der Waals surface area contributed by atoms with E-state index in [0.717, 1.165) is 5.47 Å². The molecular weight excluding hydrogens is 213 g/mol. The van der Waals surface area contributed by atoms with E-state index in [0.29, 0.717) is 0 Å². The third-order valence-corrected chi connectivity index (χ3v) is 2.08. The van der Waals surface area contributed by atoms with Gasteiger partial charge in [-0.25, -0.2) is 0 Å². The monoisotopic (exact) mass is 224 g/mol. The summed E-state index contributed by atoms with van der Waals surface area (Å²) in [5.74, 6) is 0. The Labute approximate surface area is 82.0 Å². The van der Waals surface area contributed by atoms with Gasteiger partial charge in [-0.15, -0.1) is 0 Å². The fourth-order valence-electron chi connectivity index (χ4n) is 0.902. The second-order valence-electron chi connectivity index (χ2n) is 3.76. The Morgan fingerprint density at radius 1 is 1.50 bits per heavy atom. The molecule has 64 valence electrons. The fourth-order valence-corrected chi connectivity index (χ4v) is 1.80. The minimum atomic E-state index is -0.000718. The van der Waals surface area contributed by atoms with Gasteiger partial charge >= 0.3 is 0 Å². The molecule has 0 fully saturated rings. The molecule has 0 amide bonds. The van der Waals surface area contributed by atoms with E-state index in [-0.39, 0.29) is 10.9 Å². The highest BCUT2D eigenvalue weighted by atomic mass is 79.9. The number of nitrogens with zero attached hydrogens (tertiary/aromatic N) is 1. The second-order valence-corrected chi connectivity index (χ2v) is 4.63. The topological polar surface area (TPSA) is 12.4 Å². The van der Waals surface area contributed by atoms with Crippen molar-refractivity contribution in [3.63, 3.8) is 0 Å². The standard InChI is InChI=1S/C9H12BBrN/c1-9(2,3)12-10(11)8-6-4-5-7-8/h4-6H,1-3H3/q-1. The first-order valence-corrected chi connectivity index (χ1v) is 4.90. The van der Waals surface area contributed by atoms with Gasteiger partial charge in [-0.3, -0.25) is 0 Å². The highest BCUT2D eigenvalue weighted by Crippen LogP contribution is 2.14. The lowest BCUT2D eigenvalue weighted by Gasteiger charge is -2.22. The zero-order valence-corrected chi connectivity index (χ0v) is 9.22. The maximum absolute atomic E-state index is 4.54. The van der Waals surface area contributed by atoms with Gasteiger partial charge in [0, 0.05) is 5.54 Å². The number of hydrogen-bond acceptors (Lipinski definition) is 1. The lowest BCUT2D eigenvalue weighted by molar-refractivity contribution is 0.589. The second kappa shape index (κ2) is 3.55. The quantitative estimate of drug-likeness (QED) is 0.480. The normalized spacial score (nSPS) is 17.0. The molecule has 0 bridgehead atoms. The number of halogens is 1. The highest BCUT2D eigenvalue weighted by Gasteiger charge is 2.01. The molecule has 0 atom stereocenters. The number of allylic oxidation sites excluding steroid dienone is 3. The van der Waals surface area contributed by atoms with Crippen molar-refractivity contribution in [3.05, 3.63) is 29.4 Å². The van der Waals surface area contributed by atoms with Crippen molar-refractivity contribution in [1.29, 1.82) is 0 Å². The van der Waals surface area contributed by atoms with Crippen molar-refractivity contribution in [2.24, 2.45) is 4.90 Å². The van der Waals surface area contributed by atoms with Crippen LogP contribution in [0, 0.1) is 0 Å². The molecule has 1 nitrogen and oxygen atoms in total. The van der Waals surface area contributed by atoms with Gasteiger partial charge in [0.25, 0.3) is 0 Å². The lowest BCUT2D eigenvalue weighted by atomic mass is 9.88. The van der Waals surface area contributed by atoms with Crippen LogP contribution >= 0.6 is 15.8 Å². The molecule has 0 heterocycles. The summed E-state index contributed by atoms with van der Waals surface area (Å²) in [5.41, 5.74) is 4.22. The average Bonchev–Trinajstić information content (AvgIpc) is 2.32. The van der Waals surface area contributed by atoms with Crippen molar-refractivity contribution < 1.29 is 0 Å². The first kappa shape index (κ1) is 9.69. The Kier molecular flexibility index (Phi) is 2.87. The van der Waals surface area contributed by atoms with Crippen LogP contribution in [0.1, 0.15) is 20.8 Å². The smallest absolute Gasteiger partial charge is 0.0615 e. The van der Waals surface area contributed by atoms with E-state index < -0.39 is 0 Å². The Hall–Kier alpha value is -0.395. The summed E-state index contributed by atoms with van der Waals surface area (Å²) in [4.78, 5) is 4.54. The molecule has 12 heavy (non-hydrogen) atoms. The summed E-state index contributed by atoms with van der Waals surface area (Å²) >= 11 is 3.50. The van der Waals surface area contributed by atoms with Gasteiger partial charge in [0.15, 0.2) is 0 Å². The van der Waals surface area contributed by atoms with Gasteiger partial charge in [-0.1, -0.05) is 12.2 Å². The third kappa shape index (κ3) is 2.92. The molecule has 1 aliphatic rings. The van der Waals surface area contributed by atoms with Crippen molar-refractivity contribution >= 4 is 21.1 Å². The Balaban J connectivity index is 2.85. The van der Waals surface area contributed by atoms with Crippen LogP contribution in [0.25, 0.3) is 0 Å². The van der Waals surface area contributed by atoms with Crippen LogP contribution in [0.2, 0.25) is 0 Å². The molecule has 0 saturated heterocycles. The number of rotatable bonds is 1. The zero-order valence-electron chi connectivity index (χ0n) is 7.63. The van der Waals surface area contributed by atoms with E-state index >= 15 is 0 Å². The van der Waals surface area contributed by atoms with Crippen LogP contribution in [0.5, 0.6) is 0 Å². The van der Waals surface area contributed by atoms with E-state index in [9.17, 15) is 0 Å². The van der Waals surface area contributed by atoms with Crippen LogP contribution in [-0.2, 0) is 0 Å². The predicted octanol–water partition coefficient (Wildman–Crippen LogP) is 3.13. The summed E-state index contributed by atoms with van der Waals surface area (Å²) in [6, 6.07) is 0. The largest absolute Gasteiger partial charge is 0.528 e. The van der Waals surface area contributed by atoms with Gasteiger partial charge in [-0.05, 0) is 26.8 Å². The third-order valence-electron chi connectivity index (χ3n) is 1.38. The summed E-state index contributed by atoms with van der Waals surface area (Å²) in [5, 5.41) is 0.0764. The lowest BCUT2D eigenvalue weighted by Crippen LogP contribution is -2.13. The molecule has 0 radical (unpaired) electrons. The molecule has 0 saturated carbocycles. The Bertz CT molecular complexity index is 301. The molecule has 0 unspecified atom stereocenters. The van der Waals surface area contributed by atoms with Crippen molar-refractivity contribution in [3.8, 4) is 0 Å². The average molecular weight is 225 g/mol. The van der Waals surface area contributed by atoms with Crippen molar-refractivity contribution in [2.45, 2.75) is 26.3 Å². The van der Waals surface area contributed by atoms with Gasteiger partial charge in [0.05, 0.1) is 5.33 Å². The SMILES string of the molecule is CC(C)(C)N=[B-](Br)C1=C=CC=C1. The molecule has 1 aliphatic carbocycles. The van der Waals surface area contributed by atoms with Crippen LogP contribution in [0.3, 0.4) is 0 Å². The molecule has 0 aliphatic heterocycles. The first-order valence-electron chi connectivity index (χ1n) is 3.98. The van der Waals surface area contributed by atoms with Gasteiger partial charge < -0.3 is 20.7 Å². The van der Waals surface area contributed by atoms with Gasteiger partial charge in [0.1, 0.15) is 0 Å². The zero-order chi connectivity index (χ0) is 9.19. The highest BCUT2D eigenvalue weighted by molar-refractivity contribution is 9.24. The van der Waals surface area contributed by atoms with Gasteiger partial charge in [-0.2, -0.15) is 11.2 Å². The van der Waals surface area contributed by atoms with Gasteiger partial charge in [0.2, 0.25) is 0 Å². The molecule has 3 heteroatoms. The van der Waals surface area contributed by atoms with Crippen molar-refractivity contribution in [2.75, 3.05) is 0 Å². The van der Waals surface area contributed by atoms with Crippen LogP contribution < -0.4 is 0 Å². The van der Waals surface area contributed by atoms with E-state index in [2.05, 4.69) is 47.2 Å². The van der Waals surface area contributed by atoms with Crippen LogP contribution in [-0.4, -0.2) is 10.9 Å². The number of hydrogen-bond donors (Lipinski definition) is 0. The summed E-state index contributed by atoms with van der Waals surface area (Å²) in [6.07, 6.45) is 5.90. The summed E-state index contributed by atoms with van der Waals surface area (Å²) in [6.45, 7) is 6.26. The molecule has 0 aromatic carbocycles. The molecule has 1 rings (SSSR count). The molecule has 0 spiro atoms. The predicted molar refractivity (Wildman–Crippen MR) is 57.6 cm³/mol. The summed E-state index contributed by atoms with van der Waals surface area (Å²) < 4.78 is 0. The van der Waals surface area contributed by atoms with E-state index in [1.807, 2.05) is 18.2 Å². The van der Waals surface area contributed by atoms with E-state index in [1.165, 1.54) is 0 Å². The maximum Gasteiger partial charge on any atom is 0.0615 e. The minimum absolute atomic E-state index is 0.000718. The molecule has 0 aromatic heterocycles. The Morgan fingerprint density at radius 3 is 2.58 bits per heavy atom. The van der Waals surface area contributed by atoms with Crippen LogP contribution in [0.15, 0.2) is 34.3 Å². The summed E-state index contributed by atoms with van der Waals surface area (Å²) in [7, 11) is 0. The van der Waals surface area contributed by atoms with E-state index in [1.54, 1.807) is 0 Å². The van der Waals surface area contributed by atoms with E-state index in [4.69, 9.17) is 0 Å². The fraction of sp³-hybridized carbons (Fsp3) is 0.444.